The number of fused-ring (bicyclic) bond motifs is 1. The second-order valence-electron chi connectivity index (χ2n) is 9.87. The van der Waals surface area contributed by atoms with Crippen LogP contribution in [0.2, 0.25) is 5.02 Å². The number of hydrogen-bond acceptors (Lipinski definition) is 8. The molecule has 2 atom stereocenters. The van der Waals surface area contributed by atoms with Gasteiger partial charge in [-0.15, -0.1) is 0 Å². The number of rotatable bonds is 7. The summed E-state index contributed by atoms with van der Waals surface area (Å²) in [6, 6.07) is 1.04. The second kappa shape index (κ2) is 9.50. The Balaban J connectivity index is 1.86. The van der Waals surface area contributed by atoms with Crippen LogP contribution in [0.3, 0.4) is 0 Å². The van der Waals surface area contributed by atoms with E-state index in [0.29, 0.717) is 47.6 Å². The lowest BCUT2D eigenvalue weighted by Crippen LogP contribution is -2.54. The van der Waals surface area contributed by atoms with Gasteiger partial charge in [0.15, 0.2) is 5.65 Å². The van der Waals surface area contributed by atoms with E-state index in [1.165, 1.54) is 6.33 Å². The van der Waals surface area contributed by atoms with Crippen LogP contribution in [-0.2, 0) is 0 Å². The number of benzene rings is 1. The van der Waals surface area contributed by atoms with Gasteiger partial charge in [0.25, 0.3) is 0 Å². The zero-order valence-corrected chi connectivity index (χ0v) is 21.3. The summed E-state index contributed by atoms with van der Waals surface area (Å²) in [5.74, 6) is 0.0309. The molecule has 1 aliphatic rings. The molecule has 1 aliphatic heterocycles. The highest BCUT2D eigenvalue weighted by Crippen LogP contribution is 2.45. The van der Waals surface area contributed by atoms with E-state index in [0.717, 1.165) is 0 Å². The Morgan fingerprint density at radius 2 is 2.00 bits per heavy atom. The molecule has 1 fully saturated rings. The first kappa shape index (κ1) is 25.6. The number of aliphatic hydroxyl groups is 2. The van der Waals surface area contributed by atoms with E-state index in [4.69, 9.17) is 22.1 Å². The number of nitrogen functional groups attached to an aromatic ring is 1. The van der Waals surface area contributed by atoms with Crippen molar-refractivity contribution in [3.05, 3.63) is 40.1 Å². The minimum atomic E-state index is -1.27. The van der Waals surface area contributed by atoms with Crippen LogP contribution in [0.25, 0.3) is 11.0 Å². The molecule has 4 N–H and O–H groups in total. The summed E-state index contributed by atoms with van der Waals surface area (Å²) in [4.78, 5) is 10.6. The van der Waals surface area contributed by atoms with Crippen LogP contribution < -0.4 is 10.5 Å². The molecule has 0 bridgehead atoms. The lowest BCUT2D eigenvalue weighted by atomic mass is 9.84. The van der Waals surface area contributed by atoms with Gasteiger partial charge in [0.1, 0.15) is 35.5 Å². The molecule has 0 spiro atoms. The van der Waals surface area contributed by atoms with E-state index in [2.05, 4.69) is 40.7 Å². The normalized spacial score (nSPS) is 16.9. The van der Waals surface area contributed by atoms with Crippen LogP contribution in [0.4, 0.5) is 10.2 Å². The molecule has 9 nitrogen and oxygen atoms in total. The van der Waals surface area contributed by atoms with Gasteiger partial charge in [-0.05, 0) is 40.7 Å². The van der Waals surface area contributed by atoms with Gasteiger partial charge in [0.2, 0.25) is 0 Å². The lowest BCUT2D eigenvalue weighted by Gasteiger charge is -2.48. The predicted octanol–water partition coefficient (Wildman–Crippen LogP) is 3.43. The van der Waals surface area contributed by atoms with Crippen LogP contribution in [-0.4, -0.2) is 66.7 Å². The monoisotopic (exact) mass is 506 g/mol. The van der Waals surface area contributed by atoms with Crippen molar-refractivity contribution >= 4 is 28.5 Å². The minimum Gasteiger partial charge on any atom is -0.493 e. The van der Waals surface area contributed by atoms with Gasteiger partial charge >= 0.3 is 0 Å². The van der Waals surface area contributed by atoms with Crippen LogP contribution >= 0.6 is 11.6 Å². The largest absolute Gasteiger partial charge is 0.493 e. The topological polar surface area (TPSA) is 123 Å². The molecule has 0 radical (unpaired) electrons. The highest BCUT2D eigenvalue weighted by Gasteiger charge is 2.40. The van der Waals surface area contributed by atoms with Crippen molar-refractivity contribution < 1.29 is 19.3 Å². The SMILES string of the molecule is CCOc1c(C(C)n2nc(C(O)CO)c3c(N)ncnc32)cc(Cl)c(F)c1C1CN(C(C)(C)C)C1. The third-order valence-electron chi connectivity index (χ3n) is 6.61. The van der Waals surface area contributed by atoms with Crippen LogP contribution in [0.15, 0.2) is 12.4 Å². The summed E-state index contributed by atoms with van der Waals surface area (Å²) in [5, 5.41) is 24.8. The lowest BCUT2D eigenvalue weighted by molar-refractivity contribution is 0.0446. The molecule has 35 heavy (non-hydrogen) atoms. The van der Waals surface area contributed by atoms with E-state index < -0.39 is 24.6 Å². The van der Waals surface area contributed by atoms with Crippen molar-refractivity contribution in [2.24, 2.45) is 0 Å². The van der Waals surface area contributed by atoms with Crippen LogP contribution in [0.5, 0.6) is 5.75 Å². The van der Waals surface area contributed by atoms with Crippen LogP contribution in [0, 0.1) is 5.82 Å². The maximum atomic E-state index is 15.4. The average Bonchev–Trinajstić information content (AvgIpc) is 3.16. The van der Waals surface area contributed by atoms with Gasteiger partial charge in [-0.2, -0.15) is 5.10 Å². The number of aromatic nitrogens is 4. The summed E-state index contributed by atoms with van der Waals surface area (Å²) in [6.45, 7) is 11.3. The summed E-state index contributed by atoms with van der Waals surface area (Å²) < 4.78 is 23.0. The van der Waals surface area contributed by atoms with Crippen LogP contribution in [0.1, 0.15) is 69.5 Å². The number of ether oxygens (including phenoxy) is 1. The third-order valence-corrected chi connectivity index (χ3v) is 6.89. The van der Waals surface area contributed by atoms with Crippen molar-refractivity contribution in [2.75, 3.05) is 32.0 Å². The Labute approximate surface area is 208 Å². The molecule has 2 unspecified atom stereocenters. The molecule has 0 aliphatic carbocycles. The highest BCUT2D eigenvalue weighted by molar-refractivity contribution is 6.31. The zero-order valence-electron chi connectivity index (χ0n) is 20.6. The number of anilines is 1. The Bertz CT molecular complexity index is 1240. The molecule has 0 amide bonds. The fourth-order valence-corrected chi connectivity index (χ4v) is 4.80. The Morgan fingerprint density at radius 3 is 2.60 bits per heavy atom. The smallest absolute Gasteiger partial charge is 0.164 e. The maximum absolute atomic E-state index is 15.4. The number of nitrogens with zero attached hydrogens (tertiary/aromatic N) is 5. The predicted molar refractivity (Wildman–Crippen MR) is 132 cm³/mol. The number of halogens is 2. The molecular formula is C24H32ClFN6O3. The second-order valence-corrected chi connectivity index (χ2v) is 10.3. The number of nitrogens with two attached hydrogens (primary N) is 1. The van der Waals surface area contributed by atoms with E-state index in [1.54, 1.807) is 10.7 Å². The number of aliphatic hydroxyl groups excluding tert-OH is 2. The summed E-state index contributed by atoms with van der Waals surface area (Å²) >= 11 is 6.40. The number of hydrogen-bond donors (Lipinski definition) is 3. The molecule has 3 heterocycles. The molecule has 4 rings (SSSR count). The van der Waals surface area contributed by atoms with E-state index in [1.807, 2.05) is 13.8 Å². The average molecular weight is 507 g/mol. The summed E-state index contributed by atoms with van der Waals surface area (Å²) in [5.41, 5.74) is 7.68. The van der Waals surface area contributed by atoms with Gasteiger partial charge in [-0.25, -0.2) is 19.0 Å². The van der Waals surface area contributed by atoms with E-state index in [9.17, 15) is 10.2 Å². The van der Waals surface area contributed by atoms with Gasteiger partial charge in [0.05, 0.1) is 29.7 Å². The van der Waals surface area contributed by atoms with Crippen molar-refractivity contribution in [1.82, 2.24) is 24.6 Å². The standard InChI is InChI=1S/C24H32ClFN6O3/c1-6-35-21-14(7-15(25)19(26)17(21)13-8-31(9-13)24(3,4)5)12(2)32-23-18(22(27)28-11-29-23)20(30-32)16(34)10-33/h7,11-13,16,33-34H,6,8-10H2,1-5H3,(H2,27,28,29). The third kappa shape index (κ3) is 4.44. The Hall–Kier alpha value is -2.53. The molecule has 11 heteroatoms. The fraction of sp³-hybridized carbons (Fsp3) is 0.542. The first-order valence-electron chi connectivity index (χ1n) is 11.7. The summed E-state index contributed by atoms with van der Waals surface area (Å²) in [6.07, 6.45) is 0.0379. The Morgan fingerprint density at radius 1 is 1.31 bits per heavy atom. The van der Waals surface area contributed by atoms with Crippen molar-refractivity contribution in [2.45, 2.75) is 58.2 Å². The first-order chi connectivity index (χ1) is 16.5. The molecule has 0 saturated carbocycles. The van der Waals surface area contributed by atoms with Gasteiger partial charge in [-0.1, -0.05) is 11.6 Å². The van der Waals surface area contributed by atoms with Crippen molar-refractivity contribution in [3.8, 4) is 5.75 Å². The molecule has 2 aromatic heterocycles. The zero-order chi connectivity index (χ0) is 25.7. The van der Waals surface area contributed by atoms with Gasteiger partial charge < -0.3 is 20.7 Å². The molecule has 3 aromatic rings. The summed E-state index contributed by atoms with van der Waals surface area (Å²) in [7, 11) is 0. The number of likely N-dealkylation sites (tertiary alicyclic amines) is 1. The fourth-order valence-electron chi connectivity index (χ4n) is 4.58. The van der Waals surface area contributed by atoms with Gasteiger partial charge in [0, 0.05) is 35.7 Å². The maximum Gasteiger partial charge on any atom is 0.164 e. The molecule has 1 aromatic carbocycles. The van der Waals surface area contributed by atoms with Gasteiger partial charge in [-0.3, -0.25) is 4.90 Å². The molecule has 190 valence electrons. The minimum absolute atomic E-state index is 0.000675. The first-order valence-corrected chi connectivity index (χ1v) is 12.0. The molecular weight excluding hydrogens is 475 g/mol. The van der Waals surface area contributed by atoms with Crippen molar-refractivity contribution in [1.29, 1.82) is 0 Å². The quantitative estimate of drug-likeness (QED) is 0.445. The van der Waals surface area contributed by atoms with Crippen molar-refractivity contribution in [3.63, 3.8) is 0 Å². The van der Waals surface area contributed by atoms with E-state index in [-0.39, 0.29) is 28.0 Å². The molecule has 1 saturated heterocycles. The van der Waals surface area contributed by atoms with E-state index >= 15 is 4.39 Å². The Kier molecular flexibility index (Phi) is 6.93. The highest BCUT2D eigenvalue weighted by atomic mass is 35.5.